The maximum absolute atomic E-state index is 12.9. The second kappa shape index (κ2) is 5.25. The van der Waals surface area contributed by atoms with Crippen LogP contribution in [-0.2, 0) is 11.3 Å². The Labute approximate surface area is 103 Å². The molecule has 0 radical (unpaired) electrons. The molecule has 0 spiro atoms. The SMILES string of the molecule is NC1CCCC1OCc1ccc(F)cc1Br. The van der Waals surface area contributed by atoms with Gasteiger partial charge in [0.1, 0.15) is 5.82 Å². The quantitative estimate of drug-likeness (QED) is 0.928. The maximum Gasteiger partial charge on any atom is 0.124 e. The van der Waals surface area contributed by atoms with Gasteiger partial charge in [-0.2, -0.15) is 0 Å². The molecule has 0 aromatic heterocycles. The van der Waals surface area contributed by atoms with E-state index in [0.717, 1.165) is 29.3 Å². The van der Waals surface area contributed by atoms with Gasteiger partial charge in [0, 0.05) is 10.5 Å². The molecule has 4 heteroatoms. The van der Waals surface area contributed by atoms with Gasteiger partial charge in [-0.3, -0.25) is 0 Å². The summed E-state index contributed by atoms with van der Waals surface area (Å²) < 4.78 is 19.4. The number of rotatable bonds is 3. The van der Waals surface area contributed by atoms with Crippen LogP contribution in [0.1, 0.15) is 24.8 Å². The van der Waals surface area contributed by atoms with Crippen LogP contribution in [0.4, 0.5) is 4.39 Å². The lowest BCUT2D eigenvalue weighted by molar-refractivity contribution is 0.0354. The third-order valence-corrected chi connectivity index (χ3v) is 3.71. The van der Waals surface area contributed by atoms with E-state index in [0.29, 0.717) is 6.61 Å². The lowest BCUT2D eigenvalue weighted by atomic mass is 10.2. The van der Waals surface area contributed by atoms with E-state index in [1.54, 1.807) is 6.07 Å². The molecule has 2 unspecified atom stereocenters. The summed E-state index contributed by atoms with van der Waals surface area (Å²) in [6, 6.07) is 4.78. The van der Waals surface area contributed by atoms with Gasteiger partial charge in [-0.25, -0.2) is 4.39 Å². The molecule has 2 N–H and O–H groups in total. The van der Waals surface area contributed by atoms with Crippen LogP contribution in [0, 0.1) is 5.82 Å². The zero-order valence-electron chi connectivity index (χ0n) is 8.96. The van der Waals surface area contributed by atoms with Crippen molar-refractivity contribution in [3.05, 3.63) is 34.1 Å². The Morgan fingerprint density at radius 3 is 2.88 bits per heavy atom. The van der Waals surface area contributed by atoms with Crippen molar-refractivity contribution in [1.82, 2.24) is 0 Å². The molecule has 0 heterocycles. The first-order valence-electron chi connectivity index (χ1n) is 5.48. The van der Waals surface area contributed by atoms with Crippen LogP contribution >= 0.6 is 15.9 Å². The van der Waals surface area contributed by atoms with Gasteiger partial charge in [-0.15, -0.1) is 0 Å². The molecule has 88 valence electrons. The molecule has 1 aliphatic carbocycles. The van der Waals surface area contributed by atoms with Crippen molar-refractivity contribution in [3.8, 4) is 0 Å². The minimum Gasteiger partial charge on any atom is -0.372 e. The van der Waals surface area contributed by atoms with Crippen molar-refractivity contribution in [1.29, 1.82) is 0 Å². The molecule has 1 aromatic carbocycles. The Morgan fingerprint density at radius 1 is 1.44 bits per heavy atom. The predicted molar refractivity (Wildman–Crippen MR) is 64.5 cm³/mol. The van der Waals surface area contributed by atoms with Crippen molar-refractivity contribution >= 4 is 15.9 Å². The number of hydrogen-bond acceptors (Lipinski definition) is 2. The Morgan fingerprint density at radius 2 is 2.25 bits per heavy atom. The van der Waals surface area contributed by atoms with E-state index >= 15 is 0 Å². The highest BCUT2D eigenvalue weighted by Gasteiger charge is 2.24. The van der Waals surface area contributed by atoms with E-state index < -0.39 is 0 Å². The Hall–Kier alpha value is -0.450. The third-order valence-electron chi connectivity index (χ3n) is 2.97. The van der Waals surface area contributed by atoms with E-state index in [1.165, 1.54) is 12.1 Å². The Bertz CT molecular complexity index is 372. The Balaban J connectivity index is 1.94. The first-order chi connectivity index (χ1) is 7.66. The molecule has 0 amide bonds. The number of nitrogens with two attached hydrogens (primary N) is 1. The van der Waals surface area contributed by atoms with Gasteiger partial charge < -0.3 is 10.5 Å². The van der Waals surface area contributed by atoms with Crippen LogP contribution in [-0.4, -0.2) is 12.1 Å². The van der Waals surface area contributed by atoms with Gasteiger partial charge in [-0.05, 0) is 37.0 Å². The molecule has 2 nitrogen and oxygen atoms in total. The summed E-state index contributed by atoms with van der Waals surface area (Å²) in [7, 11) is 0. The van der Waals surface area contributed by atoms with Crippen molar-refractivity contribution in [3.63, 3.8) is 0 Å². The van der Waals surface area contributed by atoms with Gasteiger partial charge in [0.2, 0.25) is 0 Å². The average Bonchev–Trinajstić information content (AvgIpc) is 2.63. The van der Waals surface area contributed by atoms with Crippen LogP contribution in [0.3, 0.4) is 0 Å². The molecule has 2 rings (SSSR count). The van der Waals surface area contributed by atoms with Crippen molar-refractivity contribution in [2.75, 3.05) is 0 Å². The average molecular weight is 288 g/mol. The van der Waals surface area contributed by atoms with Crippen LogP contribution < -0.4 is 5.73 Å². The highest BCUT2D eigenvalue weighted by atomic mass is 79.9. The summed E-state index contributed by atoms with van der Waals surface area (Å²) in [5.74, 6) is -0.242. The Kier molecular flexibility index (Phi) is 3.95. The number of benzene rings is 1. The van der Waals surface area contributed by atoms with Gasteiger partial charge in [0.25, 0.3) is 0 Å². The number of halogens is 2. The monoisotopic (exact) mass is 287 g/mol. The summed E-state index contributed by atoms with van der Waals surface area (Å²) in [5.41, 5.74) is 6.87. The molecule has 2 atom stereocenters. The smallest absolute Gasteiger partial charge is 0.124 e. The van der Waals surface area contributed by atoms with Crippen LogP contribution in [0.15, 0.2) is 22.7 Å². The molecular formula is C12H15BrFNO. The molecule has 1 aliphatic rings. The molecule has 0 bridgehead atoms. The summed E-state index contributed by atoms with van der Waals surface area (Å²) >= 11 is 3.32. The summed E-state index contributed by atoms with van der Waals surface area (Å²) in [5, 5.41) is 0. The minimum absolute atomic E-state index is 0.150. The lowest BCUT2D eigenvalue weighted by Crippen LogP contribution is -2.31. The lowest BCUT2D eigenvalue weighted by Gasteiger charge is -2.16. The minimum atomic E-state index is -0.242. The van der Waals surface area contributed by atoms with Crippen LogP contribution in [0.2, 0.25) is 0 Å². The summed E-state index contributed by atoms with van der Waals surface area (Å²) in [6.07, 6.45) is 3.35. The van der Waals surface area contributed by atoms with Gasteiger partial charge in [-0.1, -0.05) is 22.0 Å². The second-order valence-electron chi connectivity index (χ2n) is 4.18. The molecular weight excluding hydrogens is 273 g/mol. The molecule has 16 heavy (non-hydrogen) atoms. The normalized spacial score (nSPS) is 24.9. The largest absolute Gasteiger partial charge is 0.372 e. The maximum atomic E-state index is 12.9. The van der Waals surface area contributed by atoms with Crippen molar-refractivity contribution in [2.24, 2.45) is 5.73 Å². The standard InChI is InChI=1S/C12H15BrFNO/c13-10-6-9(14)5-4-8(10)7-16-12-3-1-2-11(12)15/h4-6,11-12H,1-3,7,15H2. The van der Waals surface area contributed by atoms with Gasteiger partial charge >= 0.3 is 0 Å². The molecule has 1 saturated carbocycles. The third kappa shape index (κ3) is 2.81. The van der Waals surface area contributed by atoms with E-state index in [-0.39, 0.29) is 18.0 Å². The highest BCUT2D eigenvalue weighted by Crippen LogP contribution is 2.24. The summed E-state index contributed by atoms with van der Waals surface area (Å²) in [4.78, 5) is 0. The van der Waals surface area contributed by atoms with E-state index in [1.807, 2.05) is 0 Å². The fourth-order valence-corrected chi connectivity index (χ4v) is 2.46. The zero-order chi connectivity index (χ0) is 11.5. The van der Waals surface area contributed by atoms with Gasteiger partial charge in [0.05, 0.1) is 12.7 Å². The first kappa shape index (κ1) is 12.0. The summed E-state index contributed by atoms with van der Waals surface area (Å²) in [6.45, 7) is 0.485. The number of hydrogen-bond donors (Lipinski definition) is 1. The molecule has 0 aliphatic heterocycles. The van der Waals surface area contributed by atoms with E-state index in [2.05, 4.69) is 15.9 Å². The van der Waals surface area contributed by atoms with Crippen LogP contribution in [0.5, 0.6) is 0 Å². The molecule has 0 saturated heterocycles. The van der Waals surface area contributed by atoms with E-state index in [9.17, 15) is 4.39 Å². The van der Waals surface area contributed by atoms with Crippen LogP contribution in [0.25, 0.3) is 0 Å². The molecule has 1 fully saturated rings. The second-order valence-corrected chi connectivity index (χ2v) is 5.03. The van der Waals surface area contributed by atoms with E-state index in [4.69, 9.17) is 10.5 Å². The fraction of sp³-hybridized carbons (Fsp3) is 0.500. The first-order valence-corrected chi connectivity index (χ1v) is 6.27. The highest BCUT2D eigenvalue weighted by molar-refractivity contribution is 9.10. The predicted octanol–water partition coefficient (Wildman–Crippen LogP) is 2.98. The fourth-order valence-electron chi connectivity index (χ4n) is 2.00. The molecule has 1 aromatic rings. The number of ether oxygens (including phenoxy) is 1. The topological polar surface area (TPSA) is 35.2 Å². The zero-order valence-corrected chi connectivity index (χ0v) is 10.5. The van der Waals surface area contributed by atoms with Crippen molar-refractivity contribution in [2.45, 2.75) is 38.0 Å². The van der Waals surface area contributed by atoms with Crippen molar-refractivity contribution < 1.29 is 9.13 Å². The van der Waals surface area contributed by atoms with Gasteiger partial charge in [0.15, 0.2) is 0 Å².